The molecule has 2 rings (SSSR count). The minimum Gasteiger partial charge on any atom is -0.492 e. The maximum atomic E-state index is 12.4. The molecule has 0 spiro atoms. The fraction of sp³-hybridized carbons (Fsp3) is 0.278. The zero-order valence-electron chi connectivity index (χ0n) is 13.3. The zero-order valence-corrected chi connectivity index (χ0v) is 13.3. The molecule has 0 saturated carbocycles. The van der Waals surface area contributed by atoms with Crippen LogP contribution in [0.25, 0.3) is 0 Å². The molecule has 0 aliphatic heterocycles. The van der Waals surface area contributed by atoms with Gasteiger partial charge in [-0.1, -0.05) is 24.3 Å². The Kier molecular flexibility index (Phi) is 5.42. The lowest BCUT2D eigenvalue weighted by Crippen LogP contribution is -2.31. The maximum Gasteiger partial charge on any atom is 0.253 e. The van der Waals surface area contributed by atoms with Crippen molar-refractivity contribution >= 4 is 11.6 Å². The molecule has 2 aromatic carbocycles. The number of benzene rings is 2. The highest BCUT2D eigenvalue weighted by Gasteiger charge is 2.12. The van der Waals surface area contributed by atoms with Crippen LogP contribution in [0.1, 0.15) is 10.4 Å². The van der Waals surface area contributed by atoms with Gasteiger partial charge in [-0.05, 0) is 30.3 Å². The van der Waals surface area contributed by atoms with E-state index in [0.717, 1.165) is 11.4 Å². The number of anilines is 1. The molecule has 1 amide bonds. The molecule has 0 radical (unpaired) electrons. The third-order valence-electron chi connectivity index (χ3n) is 3.39. The Labute approximate surface area is 131 Å². The number of amides is 1. The Morgan fingerprint density at radius 3 is 2.41 bits per heavy atom. The van der Waals surface area contributed by atoms with Gasteiger partial charge in [0.1, 0.15) is 12.4 Å². The first kappa shape index (κ1) is 15.9. The first-order valence-corrected chi connectivity index (χ1v) is 7.28. The monoisotopic (exact) mass is 298 g/mol. The van der Waals surface area contributed by atoms with Crippen LogP contribution >= 0.6 is 0 Å². The van der Waals surface area contributed by atoms with Crippen LogP contribution in [-0.2, 0) is 0 Å². The molecule has 0 aliphatic rings. The van der Waals surface area contributed by atoms with Gasteiger partial charge in [0, 0.05) is 32.4 Å². The highest BCUT2D eigenvalue weighted by molar-refractivity contribution is 5.95. The second kappa shape index (κ2) is 7.50. The largest absolute Gasteiger partial charge is 0.492 e. The molecule has 22 heavy (non-hydrogen) atoms. The van der Waals surface area contributed by atoms with E-state index in [1.165, 1.54) is 0 Å². The van der Waals surface area contributed by atoms with Gasteiger partial charge in [-0.15, -0.1) is 0 Å². The Bertz CT molecular complexity index is 611. The normalized spacial score (nSPS) is 10.1. The summed E-state index contributed by atoms with van der Waals surface area (Å²) in [5, 5.41) is 0. The number of para-hydroxylation sites is 1. The van der Waals surface area contributed by atoms with Gasteiger partial charge < -0.3 is 14.5 Å². The molecule has 0 unspecified atom stereocenters. The fourth-order valence-corrected chi connectivity index (χ4v) is 2.06. The molecule has 0 fully saturated rings. The average molecular weight is 298 g/mol. The molecule has 0 atom stereocenters. The van der Waals surface area contributed by atoms with Crippen LogP contribution < -0.4 is 9.64 Å². The first-order valence-electron chi connectivity index (χ1n) is 7.28. The predicted molar refractivity (Wildman–Crippen MR) is 89.7 cm³/mol. The van der Waals surface area contributed by atoms with Crippen LogP contribution in [-0.4, -0.2) is 45.1 Å². The lowest BCUT2D eigenvalue weighted by molar-refractivity contribution is 0.0774. The molecule has 4 nitrogen and oxygen atoms in total. The van der Waals surface area contributed by atoms with Gasteiger partial charge in [-0.2, -0.15) is 0 Å². The van der Waals surface area contributed by atoms with Gasteiger partial charge in [0.2, 0.25) is 0 Å². The van der Waals surface area contributed by atoms with Crippen molar-refractivity contribution in [2.24, 2.45) is 0 Å². The molecule has 0 saturated heterocycles. The van der Waals surface area contributed by atoms with E-state index in [1.54, 1.807) is 11.9 Å². The van der Waals surface area contributed by atoms with Crippen molar-refractivity contribution in [2.75, 3.05) is 39.2 Å². The second-order valence-electron chi connectivity index (χ2n) is 5.33. The Morgan fingerprint density at radius 1 is 1.00 bits per heavy atom. The summed E-state index contributed by atoms with van der Waals surface area (Å²) in [6, 6.07) is 17.2. The minimum atomic E-state index is 0.000335. The Morgan fingerprint density at radius 2 is 1.73 bits per heavy atom. The Hall–Kier alpha value is -2.49. The van der Waals surface area contributed by atoms with Gasteiger partial charge >= 0.3 is 0 Å². The summed E-state index contributed by atoms with van der Waals surface area (Å²) in [6.45, 7) is 1.01. The highest BCUT2D eigenvalue weighted by atomic mass is 16.5. The lowest BCUT2D eigenvalue weighted by atomic mass is 10.1. The SMILES string of the molecule is CN(CCOc1ccccc1)C(=O)c1cccc(N(C)C)c1. The molecule has 0 N–H and O–H groups in total. The molecular formula is C18H22N2O2. The quantitative estimate of drug-likeness (QED) is 0.822. The van der Waals surface area contributed by atoms with Gasteiger partial charge in [-0.25, -0.2) is 0 Å². The summed E-state index contributed by atoms with van der Waals surface area (Å²) in [6.07, 6.45) is 0. The van der Waals surface area contributed by atoms with Gasteiger partial charge in [0.25, 0.3) is 5.91 Å². The molecule has 4 heteroatoms. The van der Waals surface area contributed by atoms with E-state index in [0.29, 0.717) is 18.7 Å². The van der Waals surface area contributed by atoms with E-state index in [2.05, 4.69) is 0 Å². The third-order valence-corrected chi connectivity index (χ3v) is 3.39. The molecule has 2 aromatic rings. The topological polar surface area (TPSA) is 32.8 Å². The summed E-state index contributed by atoms with van der Waals surface area (Å²) in [5.74, 6) is 0.818. The summed E-state index contributed by atoms with van der Waals surface area (Å²) in [4.78, 5) is 16.1. The van der Waals surface area contributed by atoms with Crippen LogP contribution in [0.3, 0.4) is 0 Å². The van der Waals surface area contributed by atoms with Crippen LogP contribution in [0.4, 0.5) is 5.69 Å². The molecule has 0 aliphatic carbocycles. The van der Waals surface area contributed by atoms with Crippen molar-refractivity contribution in [1.29, 1.82) is 0 Å². The number of hydrogen-bond acceptors (Lipinski definition) is 3. The zero-order chi connectivity index (χ0) is 15.9. The van der Waals surface area contributed by atoms with E-state index >= 15 is 0 Å². The van der Waals surface area contributed by atoms with Crippen LogP contribution in [0.15, 0.2) is 54.6 Å². The average Bonchev–Trinajstić information content (AvgIpc) is 2.55. The molecule has 116 valence electrons. The number of carbonyl (C=O) groups excluding carboxylic acids is 1. The summed E-state index contributed by atoms with van der Waals surface area (Å²) in [5.41, 5.74) is 1.70. The van der Waals surface area contributed by atoms with E-state index in [9.17, 15) is 4.79 Å². The van der Waals surface area contributed by atoms with E-state index < -0.39 is 0 Å². The number of rotatable bonds is 6. The summed E-state index contributed by atoms with van der Waals surface area (Å²) < 4.78 is 5.62. The number of hydrogen-bond donors (Lipinski definition) is 0. The molecule has 0 aromatic heterocycles. The number of ether oxygens (including phenoxy) is 1. The van der Waals surface area contributed by atoms with Crippen molar-refractivity contribution < 1.29 is 9.53 Å². The molecule has 0 heterocycles. The first-order chi connectivity index (χ1) is 10.6. The second-order valence-corrected chi connectivity index (χ2v) is 5.33. The number of carbonyl (C=O) groups is 1. The fourth-order valence-electron chi connectivity index (χ4n) is 2.06. The maximum absolute atomic E-state index is 12.4. The van der Waals surface area contributed by atoms with Gasteiger partial charge in [0.15, 0.2) is 0 Å². The minimum absolute atomic E-state index is 0.000335. The lowest BCUT2D eigenvalue weighted by Gasteiger charge is -2.19. The van der Waals surface area contributed by atoms with Crippen LogP contribution in [0.5, 0.6) is 5.75 Å². The van der Waals surface area contributed by atoms with Crippen molar-refractivity contribution in [3.63, 3.8) is 0 Å². The van der Waals surface area contributed by atoms with Crippen molar-refractivity contribution in [3.8, 4) is 5.75 Å². The van der Waals surface area contributed by atoms with E-state index in [4.69, 9.17) is 4.74 Å². The van der Waals surface area contributed by atoms with Crippen molar-refractivity contribution in [2.45, 2.75) is 0 Å². The summed E-state index contributed by atoms with van der Waals surface area (Å²) in [7, 11) is 5.71. The van der Waals surface area contributed by atoms with Crippen LogP contribution in [0.2, 0.25) is 0 Å². The predicted octanol–water partition coefficient (Wildman–Crippen LogP) is 2.90. The highest BCUT2D eigenvalue weighted by Crippen LogP contribution is 2.15. The Balaban J connectivity index is 1.90. The van der Waals surface area contributed by atoms with E-state index in [-0.39, 0.29) is 5.91 Å². The van der Waals surface area contributed by atoms with Crippen molar-refractivity contribution in [3.05, 3.63) is 60.2 Å². The standard InChI is InChI=1S/C18H22N2O2/c1-19(2)16-9-7-8-15(14-16)18(21)20(3)12-13-22-17-10-5-4-6-11-17/h4-11,14H,12-13H2,1-3H3. The third kappa shape index (κ3) is 4.25. The molecule has 0 bridgehead atoms. The number of likely N-dealkylation sites (N-methyl/N-ethyl adjacent to an activating group) is 1. The summed E-state index contributed by atoms with van der Waals surface area (Å²) >= 11 is 0. The van der Waals surface area contributed by atoms with Gasteiger partial charge in [-0.3, -0.25) is 4.79 Å². The van der Waals surface area contributed by atoms with Crippen LogP contribution in [0, 0.1) is 0 Å². The smallest absolute Gasteiger partial charge is 0.253 e. The van der Waals surface area contributed by atoms with E-state index in [1.807, 2.05) is 73.6 Å². The molecular weight excluding hydrogens is 276 g/mol. The van der Waals surface area contributed by atoms with Crippen molar-refractivity contribution in [1.82, 2.24) is 4.90 Å². The number of nitrogens with zero attached hydrogens (tertiary/aromatic N) is 2. The van der Waals surface area contributed by atoms with Gasteiger partial charge in [0.05, 0.1) is 6.54 Å².